The molecule has 0 saturated carbocycles. The Kier molecular flexibility index (Phi) is 4.45. The van der Waals surface area contributed by atoms with Crippen LogP contribution in [0.2, 0.25) is 0 Å². The van der Waals surface area contributed by atoms with E-state index in [1.807, 2.05) is 31.9 Å². The molecule has 1 fully saturated rings. The number of nitrogens with zero attached hydrogens (tertiary/aromatic N) is 4. The minimum absolute atomic E-state index is 0.0603. The Labute approximate surface area is 135 Å². The number of aryl methyl sites for hydroxylation is 2. The van der Waals surface area contributed by atoms with E-state index in [2.05, 4.69) is 20.1 Å². The van der Waals surface area contributed by atoms with Crippen LogP contribution in [0.4, 0.5) is 0 Å². The van der Waals surface area contributed by atoms with E-state index in [1.54, 1.807) is 0 Å². The second-order valence-corrected chi connectivity index (χ2v) is 6.40. The molecule has 1 aliphatic heterocycles. The maximum absolute atomic E-state index is 12.5. The van der Waals surface area contributed by atoms with Gasteiger partial charge in [0.05, 0.1) is 6.04 Å². The molecule has 23 heavy (non-hydrogen) atoms. The Bertz CT molecular complexity index is 676. The summed E-state index contributed by atoms with van der Waals surface area (Å²) in [5, 5.41) is 3.93. The first-order valence-corrected chi connectivity index (χ1v) is 8.18. The Morgan fingerprint density at radius 3 is 3.00 bits per heavy atom. The summed E-state index contributed by atoms with van der Waals surface area (Å²) < 4.78 is 5.20. The van der Waals surface area contributed by atoms with Gasteiger partial charge in [0.25, 0.3) is 0 Å². The van der Waals surface area contributed by atoms with Crippen molar-refractivity contribution in [1.29, 1.82) is 0 Å². The number of H-pyrrole nitrogens is 1. The van der Waals surface area contributed by atoms with Crippen LogP contribution in [-0.2, 0) is 11.2 Å². The van der Waals surface area contributed by atoms with E-state index >= 15 is 0 Å². The van der Waals surface area contributed by atoms with Crippen LogP contribution in [0.15, 0.2) is 10.7 Å². The molecule has 1 amide bonds. The normalized spacial score (nSPS) is 18.1. The largest absolute Gasteiger partial charge is 0.344 e. The monoisotopic (exact) mass is 317 g/mol. The third-order valence-electron chi connectivity index (χ3n) is 4.16. The summed E-state index contributed by atoms with van der Waals surface area (Å²) in [6.07, 6.45) is 4.64. The van der Waals surface area contributed by atoms with Crippen LogP contribution in [-0.4, -0.2) is 37.5 Å². The minimum atomic E-state index is 0.0603. The van der Waals surface area contributed by atoms with Crippen LogP contribution in [0.5, 0.6) is 0 Å². The molecule has 1 saturated heterocycles. The van der Waals surface area contributed by atoms with Gasteiger partial charge in [-0.15, -0.1) is 0 Å². The van der Waals surface area contributed by atoms with Gasteiger partial charge in [0.2, 0.25) is 11.8 Å². The summed E-state index contributed by atoms with van der Waals surface area (Å²) in [6, 6.07) is 0.0603. The first-order valence-electron chi connectivity index (χ1n) is 8.18. The molecule has 0 bridgehead atoms. The highest BCUT2D eigenvalue weighted by atomic mass is 16.5. The highest BCUT2D eigenvalue weighted by Gasteiger charge is 2.31. The van der Waals surface area contributed by atoms with Crippen LogP contribution in [0.25, 0.3) is 0 Å². The summed E-state index contributed by atoms with van der Waals surface area (Å²) in [7, 11) is 0. The number of nitrogens with one attached hydrogen (secondary N) is 1. The lowest BCUT2D eigenvalue weighted by Crippen LogP contribution is -2.31. The maximum Gasteiger partial charge on any atom is 0.227 e. The fraction of sp³-hybridized carbons (Fsp3) is 0.625. The molecule has 2 aromatic rings. The first kappa shape index (κ1) is 15.7. The molecular formula is C16H23N5O2. The van der Waals surface area contributed by atoms with Crippen LogP contribution in [0.3, 0.4) is 0 Å². The van der Waals surface area contributed by atoms with Crippen molar-refractivity contribution in [3.63, 3.8) is 0 Å². The van der Waals surface area contributed by atoms with Crippen molar-refractivity contribution in [2.45, 2.75) is 58.4 Å². The Balaban J connectivity index is 1.60. The molecule has 1 aliphatic rings. The highest BCUT2D eigenvalue weighted by molar-refractivity contribution is 5.77. The average Bonchev–Trinajstić information content (AvgIpc) is 3.24. The van der Waals surface area contributed by atoms with E-state index in [0.29, 0.717) is 24.6 Å². The number of rotatable bonds is 5. The molecule has 2 aromatic heterocycles. The summed E-state index contributed by atoms with van der Waals surface area (Å²) >= 11 is 0. The molecule has 1 N–H and O–H groups in total. The molecule has 0 radical (unpaired) electrons. The molecule has 7 heteroatoms. The van der Waals surface area contributed by atoms with E-state index in [4.69, 9.17) is 4.52 Å². The molecule has 0 aromatic carbocycles. The van der Waals surface area contributed by atoms with Gasteiger partial charge in [-0.1, -0.05) is 19.0 Å². The number of hydrogen-bond acceptors (Lipinski definition) is 5. The lowest BCUT2D eigenvalue weighted by atomic mass is 10.2. The lowest BCUT2D eigenvalue weighted by molar-refractivity contribution is -0.132. The van der Waals surface area contributed by atoms with Crippen LogP contribution in [0, 0.1) is 6.92 Å². The van der Waals surface area contributed by atoms with Crippen molar-refractivity contribution in [2.24, 2.45) is 0 Å². The number of carbonyl (C=O) groups is 1. The number of carbonyl (C=O) groups excluding carboxylic acids is 1. The van der Waals surface area contributed by atoms with Crippen LogP contribution >= 0.6 is 0 Å². The van der Waals surface area contributed by atoms with Gasteiger partial charge in [0.1, 0.15) is 5.82 Å². The third kappa shape index (κ3) is 3.43. The van der Waals surface area contributed by atoms with Gasteiger partial charge in [-0.05, 0) is 19.8 Å². The minimum Gasteiger partial charge on any atom is -0.344 e. The Hall–Kier alpha value is -2.18. The van der Waals surface area contributed by atoms with Gasteiger partial charge in [-0.3, -0.25) is 4.79 Å². The molecule has 3 rings (SSSR count). The van der Waals surface area contributed by atoms with E-state index in [1.165, 1.54) is 0 Å². The summed E-state index contributed by atoms with van der Waals surface area (Å²) in [4.78, 5) is 26.4. The fourth-order valence-electron chi connectivity index (χ4n) is 2.91. The molecule has 1 unspecified atom stereocenters. The van der Waals surface area contributed by atoms with Crippen molar-refractivity contribution in [2.75, 3.05) is 6.54 Å². The number of aromatic amines is 1. The van der Waals surface area contributed by atoms with Crippen molar-refractivity contribution >= 4 is 5.91 Å². The Morgan fingerprint density at radius 2 is 2.35 bits per heavy atom. The third-order valence-corrected chi connectivity index (χ3v) is 4.16. The number of likely N-dealkylation sites (tertiary alicyclic amines) is 1. The summed E-state index contributed by atoms with van der Waals surface area (Å²) in [6.45, 7) is 6.78. The highest BCUT2D eigenvalue weighted by Crippen LogP contribution is 2.30. The fourth-order valence-corrected chi connectivity index (χ4v) is 2.91. The molecule has 1 atom stereocenters. The van der Waals surface area contributed by atoms with Crippen LogP contribution < -0.4 is 0 Å². The summed E-state index contributed by atoms with van der Waals surface area (Å²) in [5.74, 6) is 2.46. The predicted octanol–water partition coefficient (Wildman–Crippen LogP) is 2.52. The Morgan fingerprint density at radius 1 is 1.52 bits per heavy atom. The lowest BCUT2D eigenvalue weighted by Gasteiger charge is -2.23. The van der Waals surface area contributed by atoms with E-state index in [9.17, 15) is 4.79 Å². The van der Waals surface area contributed by atoms with Crippen molar-refractivity contribution in [3.05, 3.63) is 29.4 Å². The number of amides is 1. The standard InChI is InChI=1S/C16H23N5O2/c1-10(2)15-19-13(23-20-15)6-7-14(22)21-8-4-5-12(21)16-17-9-11(3)18-16/h9-10,12H,4-8H2,1-3H3,(H,17,18). The SMILES string of the molecule is Cc1cnc(C2CCCN2C(=O)CCc2nc(C(C)C)no2)[nH]1. The quantitative estimate of drug-likeness (QED) is 0.915. The average molecular weight is 317 g/mol. The molecule has 124 valence electrons. The molecule has 7 nitrogen and oxygen atoms in total. The summed E-state index contributed by atoms with van der Waals surface area (Å²) in [5.41, 5.74) is 1.02. The number of aromatic nitrogens is 4. The van der Waals surface area contributed by atoms with Crippen LogP contribution in [0.1, 0.15) is 68.3 Å². The first-order chi connectivity index (χ1) is 11.0. The topological polar surface area (TPSA) is 87.9 Å². The molecule has 0 aliphatic carbocycles. The van der Waals surface area contributed by atoms with Gasteiger partial charge in [-0.25, -0.2) is 4.98 Å². The number of hydrogen-bond donors (Lipinski definition) is 1. The second kappa shape index (κ2) is 6.52. The zero-order valence-electron chi connectivity index (χ0n) is 13.9. The molecular weight excluding hydrogens is 294 g/mol. The second-order valence-electron chi connectivity index (χ2n) is 6.40. The van der Waals surface area contributed by atoms with Crippen molar-refractivity contribution in [1.82, 2.24) is 25.0 Å². The van der Waals surface area contributed by atoms with Gasteiger partial charge in [-0.2, -0.15) is 4.98 Å². The van der Waals surface area contributed by atoms with Gasteiger partial charge >= 0.3 is 0 Å². The van der Waals surface area contributed by atoms with E-state index in [0.717, 1.165) is 30.9 Å². The smallest absolute Gasteiger partial charge is 0.227 e. The van der Waals surface area contributed by atoms with E-state index < -0.39 is 0 Å². The van der Waals surface area contributed by atoms with E-state index in [-0.39, 0.29) is 17.9 Å². The van der Waals surface area contributed by atoms with Gasteiger partial charge < -0.3 is 14.4 Å². The van der Waals surface area contributed by atoms with Gasteiger partial charge in [0, 0.05) is 37.2 Å². The van der Waals surface area contributed by atoms with Crippen molar-refractivity contribution < 1.29 is 9.32 Å². The maximum atomic E-state index is 12.5. The molecule has 3 heterocycles. The number of imidazole rings is 1. The zero-order valence-corrected chi connectivity index (χ0v) is 13.9. The van der Waals surface area contributed by atoms with Gasteiger partial charge in [0.15, 0.2) is 5.82 Å². The van der Waals surface area contributed by atoms with Crippen molar-refractivity contribution in [3.8, 4) is 0 Å². The zero-order chi connectivity index (χ0) is 16.4. The predicted molar refractivity (Wildman–Crippen MR) is 83.7 cm³/mol. The molecule has 0 spiro atoms.